The van der Waals surface area contributed by atoms with Gasteiger partial charge >= 0.3 is 6.18 Å². The molecular weight excluding hydrogens is 293 g/mol. The van der Waals surface area contributed by atoms with E-state index in [2.05, 4.69) is 15.6 Å². The SMILES string of the molecule is CCNC(=O)CNc1nc(C(F)(F)F)ccc1C(N)=S. The molecule has 1 aromatic rings. The predicted octanol–water partition coefficient (Wildman–Crippen LogP) is 1.28. The Morgan fingerprint density at radius 2 is 2.10 bits per heavy atom. The number of thiocarbonyl (C=S) groups is 1. The third kappa shape index (κ3) is 4.34. The van der Waals surface area contributed by atoms with E-state index in [0.29, 0.717) is 6.54 Å². The minimum atomic E-state index is -4.59. The molecule has 0 aliphatic carbocycles. The molecule has 9 heteroatoms. The minimum absolute atomic E-state index is 0.107. The lowest BCUT2D eigenvalue weighted by atomic mass is 10.2. The maximum Gasteiger partial charge on any atom is 0.433 e. The molecule has 5 nitrogen and oxygen atoms in total. The quantitative estimate of drug-likeness (QED) is 0.714. The van der Waals surface area contributed by atoms with Crippen molar-refractivity contribution < 1.29 is 18.0 Å². The van der Waals surface area contributed by atoms with Crippen LogP contribution in [0.2, 0.25) is 0 Å². The molecule has 0 aliphatic rings. The van der Waals surface area contributed by atoms with Gasteiger partial charge in [-0.25, -0.2) is 4.98 Å². The molecule has 1 aromatic heterocycles. The Morgan fingerprint density at radius 3 is 2.60 bits per heavy atom. The van der Waals surface area contributed by atoms with Crippen LogP contribution in [0.15, 0.2) is 12.1 Å². The van der Waals surface area contributed by atoms with Gasteiger partial charge in [-0.05, 0) is 19.1 Å². The van der Waals surface area contributed by atoms with Gasteiger partial charge in [-0.3, -0.25) is 4.79 Å². The highest BCUT2D eigenvalue weighted by Crippen LogP contribution is 2.29. The van der Waals surface area contributed by atoms with Crippen LogP contribution in [0.5, 0.6) is 0 Å². The molecule has 0 aromatic carbocycles. The lowest BCUT2D eigenvalue weighted by molar-refractivity contribution is -0.141. The molecule has 0 bridgehead atoms. The Hall–Kier alpha value is -1.90. The zero-order chi connectivity index (χ0) is 15.3. The molecule has 0 radical (unpaired) electrons. The third-order valence-corrected chi connectivity index (χ3v) is 2.46. The van der Waals surface area contributed by atoms with Crippen LogP contribution in [0.25, 0.3) is 0 Å². The number of halogens is 3. The van der Waals surface area contributed by atoms with Crippen molar-refractivity contribution >= 4 is 28.9 Å². The van der Waals surface area contributed by atoms with E-state index in [-0.39, 0.29) is 28.8 Å². The highest BCUT2D eigenvalue weighted by Gasteiger charge is 2.33. The number of alkyl halides is 3. The highest BCUT2D eigenvalue weighted by atomic mass is 32.1. The molecule has 20 heavy (non-hydrogen) atoms. The van der Waals surface area contributed by atoms with E-state index in [1.807, 2.05) is 0 Å². The van der Waals surface area contributed by atoms with Crippen LogP contribution in [0.4, 0.5) is 19.0 Å². The highest BCUT2D eigenvalue weighted by molar-refractivity contribution is 7.80. The van der Waals surface area contributed by atoms with Gasteiger partial charge in [0, 0.05) is 6.54 Å². The maximum atomic E-state index is 12.6. The Morgan fingerprint density at radius 1 is 1.45 bits per heavy atom. The molecule has 1 amide bonds. The van der Waals surface area contributed by atoms with Crippen molar-refractivity contribution in [1.82, 2.24) is 10.3 Å². The van der Waals surface area contributed by atoms with Crippen LogP contribution in [0, 0.1) is 0 Å². The van der Waals surface area contributed by atoms with Crippen molar-refractivity contribution in [3.8, 4) is 0 Å². The van der Waals surface area contributed by atoms with Gasteiger partial charge in [0.05, 0.1) is 12.1 Å². The van der Waals surface area contributed by atoms with Gasteiger partial charge in [-0.2, -0.15) is 13.2 Å². The fourth-order valence-electron chi connectivity index (χ4n) is 1.37. The average Bonchev–Trinajstić information content (AvgIpc) is 2.35. The van der Waals surface area contributed by atoms with Gasteiger partial charge in [-0.1, -0.05) is 12.2 Å². The first-order valence-electron chi connectivity index (χ1n) is 5.64. The van der Waals surface area contributed by atoms with E-state index < -0.39 is 11.9 Å². The van der Waals surface area contributed by atoms with Gasteiger partial charge in [0.15, 0.2) is 0 Å². The molecule has 0 aliphatic heterocycles. The van der Waals surface area contributed by atoms with Gasteiger partial charge in [0.25, 0.3) is 0 Å². The summed E-state index contributed by atoms with van der Waals surface area (Å²) in [6, 6.07) is 1.91. The Labute approximate surface area is 118 Å². The van der Waals surface area contributed by atoms with Gasteiger partial charge in [-0.15, -0.1) is 0 Å². The molecule has 1 heterocycles. The zero-order valence-corrected chi connectivity index (χ0v) is 11.4. The molecule has 1 rings (SSSR count). The van der Waals surface area contributed by atoms with Gasteiger partial charge in [0.2, 0.25) is 5.91 Å². The number of anilines is 1. The van der Waals surface area contributed by atoms with E-state index in [1.54, 1.807) is 6.92 Å². The summed E-state index contributed by atoms with van der Waals surface area (Å²) in [5.74, 6) is -0.542. The summed E-state index contributed by atoms with van der Waals surface area (Å²) >= 11 is 4.73. The maximum absolute atomic E-state index is 12.6. The van der Waals surface area contributed by atoms with E-state index in [4.69, 9.17) is 18.0 Å². The number of pyridine rings is 1. The molecule has 4 N–H and O–H groups in total. The zero-order valence-electron chi connectivity index (χ0n) is 10.5. The smallest absolute Gasteiger partial charge is 0.389 e. The lowest BCUT2D eigenvalue weighted by Crippen LogP contribution is -2.30. The van der Waals surface area contributed by atoms with E-state index >= 15 is 0 Å². The third-order valence-electron chi connectivity index (χ3n) is 2.24. The summed E-state index contributed by atoms with van der Waals surface area (Å²) in [6.45, 7) is 1.91. The number of likely N-dealkylation sites (N-methyl/N-ethyl adjacent to an activating group) is 1. The average molecular weight is 306 g/mol. The lowest BCUT2D eigenvalue weighted by Gasteiger charge is -2.13. The normalized spacial score (nSPS) is 11.0. The summed E-state index contributed by atoms with van der Waals surface area (Å²) in [5, 5.41) is 4.99. The molecular formula is C11H13F3N4OS. The second-order valence-corrected chi connectivity index (χ2v) is 4.20. The van der Waals surface area contributed by atoms with Crippen molar-refractivity contribution in [1.29, 1.82) is 0 Å². The second kappa shape index (κ2) is 6.51. The minimum Gasteiger partial charge on any atom is -0.389 e. The van der Waals surface area contributed by atoms with Crippen LogP contribution in [0.1, 0.15) is 18.2 Å². The molecule has 0 atom stereocenters. The molecule has 0 saturated carbocycles. The number of carbonyl (C=O) groups excluding carboxylic acids is 1. The van der Waals surface area contributed by atoms with Crippen molar-refractivity contribution in [3.05, 3.63) is 23.4 Å². The van der Waals surface area contributed by atoms with Crippen molar-refractivity contribution in [2.75, 3.05) is 18.4 Å². The Kier molecular flexibility index (Phi) is 5.26. The number of rotatable bonds is 5. The molecule has 0 fully saturated rings. The van der Waals surface area contributed by atoms with Gasteiger partial charge in [0.1, 0.15) is 16.5 Å². The number of nitrogens with two attached hydrogens (primary N) is 1. The number of aromatic nitrogens is 1. The van der Waals surface area contributed by atoms with Crippen LogP contribution < -0.4 is 16.4 Å². The van der Waals surface area contributed by atoms with Crippen LogP contribution in [0.3, 0.4) is 0 Å². The Balaban J connectivity index is 3.01. The van der Waals surface area contributed by atoms with Crippen molar-refractivity contribution in [2.24, 2.45) is 5.73 Å². The number of hydrogen-bond acceptors (Lipinski definition) is 4. The predicted molar refractivity (Wildman–Crippen MR) is 72.3 cm³/mol. The van der Waals surface area contributed by atoms with Crippen LogP contribution in [-0.2, 0) is 11.0 Å². The molecule has 110 valence electrons. The fraction of sp³-hybridized carbons (Fsp3) is 0.364. The van der Waals surface area contributed by atoms with Gasteiger partial charge < -0.3 is 16.4 Å². The fourth-order valence-corrected chi connectivity index (χ4v) is 1.54. The largest absolute Gasteiger partial charge is 0.433 e. The summed E-state index contributed by atoms with van der Waals surface area (Å²) in [4.78, 5) is 14.6. The Bertz CT molecular complexity index is 519. The van der Waals surface area contributed by atoms with Crippen molar-refractivity contribution in [3.63, 3.8) is 0 Å². The van der Waals surface area contributed by atoms with E-state index in [1.165, 1.54) is 0 Å². The summed E-state index contributed by atoms with van der Waals surface area (Å²) in [7, 11) is 0. The summed E-state index contributed by atoms with van der Waals surface area (Å²) in [6.07, 6.45) is -4.59. The van der Waals surface area contributed by atoms with Crippen LogP contribution >= 0.6 is 12.2 Å². The first-order valence-corrected chi connectivity index (χ1v) is 6.05. The topological polar surface area (TPSA) is 80.0 Å². The standard InChI is InChI=1S/C11H13F3N4OS/c1-2-16-8(19)5-17-10-6(9(15)20)3-4-7(18-10)11(12,13)14/h3-4H,2,5H2,1H3,(H2,15,20)(H,16,19)(H,17,18). The number of amides is 1. The number of nitrogens with zero attached hydrogens (tertiary/aromatic N) is 1. The molecule has 0 unspecified atom stereocenters. The number of hydrogen-bond donors (Lipinski definition) is 3. The van der Waals surface area contributed by atoms with E-state index in [9.17, 15) is 18.0 Å². The summed E-state index contributed by atoms with van der Waals surface area (Å²) < 4.78 is 37.8. The molecule has 0 spiro atoms. The monoisotopic (exact) mass is 306 g/mol. The second-order valence-electron chi connectivity index (χ2n) is 3.76. The first kappa shape index (κ1) is 16.2. The van der Waals surface area contributed by atoms with Crippen LogP contribution in [-0.4, -0.2) is 29.0 Å². The van der Waals surface area contributed by atoms with E-state index in [0.717, 1.165) is 12.1 Å². The molecule has 0 saturated heterocycles. The number of carbonyl (C=O) groups is 1. The first-order chi connectivity index (χ1) is 9.25. The number of nitrogens with one attached hydrogen (secondary N) is 2. The summed E-state index contributed by atoms with van der Waals surface area (Å²) in [5.41, 5.74) is 4.47. The van der Waals surface area contributed by atoms with Crippen molar-refractivity contribution in [2.45, 2.75) is 13.1 Å².